The van der Waals surface area contributed by atoms with Gasteiger partial charge in [0.2, 0.25) is 5.12 Å². The van der Waals surface area contributed by atoms with E-state index in [1.54, 1.807) is 7.11 Å². The van der Waals surface area contributed by atoms with E-state index in [0.29, 0.717) is 0 Å². The van der Waals surface area contributed by atoms with E-state index in [4.69, 9.17) is 14.3 Å². The zero-order valence-corrected chi connectivity index (χ0v) is 14.6. The Balaban J connectivity index is 0.000000613. The summed E-state index contributed by atoms with van der Waals surface area (Å²) in [6.45, 7) is 0. The van der Waals surface area contributed by atoms with Crippen molar-refractivity contribution < 1.29 is 19.1 Å². The fourth-order valence-electron chi connectivity index (χ4n) is 2.71. The Morgan fingerprint density at radius 2 is 1.69 bits per heavy atom. The summed E-state index contributed by atoms with van der Waals surface area (Å²) in [5.74, 6) is 0.816. The van der Waals surface area contributed by atoms with Crippen LogP contribution >= 0.6 is 11.8 Å². The standard InChI is InChI=1S/C18H14N2O2S.CO2/c1-22-12-7-5-11(6-8-12)19-20-15-9-10-16-17-13(15)3-2-4-14(17)18(21)23-16;2-1-3/h2-10,19-20H,1H3;. The minimum atomic E-state index is 0.117. The molecule has 7 heteroatoms. The fourth-order valence-corrected chi connectivity index (χ4v) is 3.65. The van der Waals surface area contributed by atoms with Gasteiger partial charge in [-0.05, 0) is 54.2 Å². The molecule has 0 saturated heterocycles. The minimum Gasteiger partial charge on any atom is -0.497 e. The molecule has 0 saturated carbocycles. The van der Waals surface area contributed by atoms with Crippen LogP contribution in [-0.4, -0.2) is 18.4 Å². The van der Waals surface area contributed by atoms with Crippen molar-refractivity contribution >= 4 is 45.2 Å². The van der Waals surface area contributed by atoms with Crippen molar-refractivity contribution in [3.05, 3.63) is 60.2 Å². The summed E-state index contributed by atoms with van der Waals surface area (Å²) in [5.41, 5.74) is 9.06. The lowest BCUT2D eigenvalue weighted by atomic mass is 10.0. The molecule has 3 aromatic rings. The summed E-state index contributed by atoms with van der Waals surface area (Å²) in [7, 11) is 1.65. The number of methoxy groups -OCH3 is 1. The number of rotatable bonds is 4. The zero-order valence-electron chi connectivity index (χ0n) is 13.7. The van der Waals surface area contributed by atoms with Gasteiger partial charge in [0.05, 0.1) is 18.5 Å². The first-order chi connectivity index (χ1) is 12.7. The SMILES string of the molecule is COc1ccc(NNc2ccc3c4c(cccc24)C(=O)S3)cc1.O=C=O. The number of hydrogen-bond acceptors (Lipinski definition) is 7. The molecule has 0 atom stereocenters. The average Bonchev–Trinajstić information content (AvgIpc) is 3.00. The molecular weight excluding hydrogens is 352 g/mol. The molecule has 1 aliphatic rings. The third-order valence-corrected chi connectivity index (χ3v) is 4.82. The minimum absolute atomic E-state index is 0.117. The summed E-state index contributed by atoms with van der Waals surface area (Å²) in [6, 6.07) is 17.5. The van der Waals surface area contributed by atoms with E-state index in [9.17, 15) is 4.79 Å². The molecular formula is C19H14N2O4S. The first kappa shape index (κ1) is 17.5. The number of thioether (sulfide) groups is 1. The van der Waals surface area contributed by atoms with Crippen LogP contribution in [0.1, 0.15) is 10.4 Å². The van der Waals surface area contributed by atoms with Crippen molar-refractivity contribution in [2.75, 3.05) is 18.0 Å². The number of anilines is 2. The molecule has 0 aromatic heterocycles. The quantitative estimate of drug-likeness (QED) is 0.676. The maximum absolute atomic E-state index is 12.0. The highest BCUT2D eigenvalue weighted by atomic mass is 32.2. The van der Waals surface area contributed by atoms with Crippen molar-refractivity contribution in [3.63, 3.8) is 0 Å². The van der Waals surface area contributed by atoms with Crippen LogP contribution in [0, 0.1) is 0 Å². The van der Waals surface area contributed by atoms with Crippen LogP contribution in [0.4, 0.5) is 11.4 Å². The van der Waals surface area contributed by atoms with Gasteiger partial charge in [0.25, 0.3) is 0 Å². The van der Waals surface area contributed by atoms with Crippen LogP contribution < -0.4 is 15.6 Å². The molecule has 0 fully saturated rings. The summed E-state index contributed by atoms with van der Waals surface area (Å²) < 4.78 is 5.15. The second kappa shape index (κ2) is 7.74. The smallest absolute Gasteiger partial charge is 0.373 e. The first-order valence-corrected chi connectivity index (χ1v) is 8.43. The van der Waals surface area contributed by atoms with Gasteiger partial charge in [0.15, 0.2) is 0 Å². The first-order valence-electron chi connectivity index (χ1n) is 7.61. The van der Waals surface area contributed by atoms with Crippen LogP contribution in [-0.2, 0) is 9.59 Å². The molecule has 0 radical (unpaired) electrons. The molecule has 130 valence electrons. The molecule has 2 N–H and O–H groups in total. The van der Waals surface area contributed by atoms with Gasteiger partial charge in [-0.2, -0.15) is 9.59 Å². The summed E-state index contributed by atoms with van der Waals surface area (Å²) in [4.78, 5) is 29.3. The molecule has 0 aliphatic carbocycles. The molecule has 1 aliphatic heterocycles. The predicted octanol–water partition coefficient (Wildman–Crippen LogP) is 3.95. The van der Waals surface area contributed by atoms with Crippen molar-refractivity contribution in [1.29, 1.82) is 0 Å². The van der Waals surface area contributed by atoms with Gasteiger partial charge in [0, 0.05) is 21.2 Å². The van der Waals surface area contributed by atoms with E-state index in [-0.39, 0.29) is 11.3 Å². The third kappa shape index (κ3) is 3.39. The molecule has 4 rings (SSSR count). The summed E-state index contributed by atoms with van der Waals surface area (Å²) in [6.07, 6.45) is 0.250. The van der Waals surface area contributed by atoms with Crippen LogP contribution in [0.5, 0.6) is 5.75 Å². The van der Waals surface area contributed by atoms with Crippen molar-refractivity contribution in [3.8, 4) is 5.75 Å². The predicted molar refractivity (Wildman–Crippen MR) is 99.4 cm³/mol. The van der Waals surface area contributed by atoms with Gasteiger partial charge >= 0.3 is 6.15 Å². The van der Waals surface area contributed by atoms with E-state index in [2.05, 4.69) is 10.9 Å². The van der Waals surface area contributed by atoms with Crippen LogP contribution in [0.2, 0.25) is 0 Å². The van der Waals surface area contributed by atoms with Gasteiger partial charge in [0.1, 0.15) is 5.75 Å². The van der Waals surface area contributed by atoms with Gasteiger partial charge < -0.3 is 15.6 Å². The molecule has 1 heterocycles. The van der Waals surface area contributed by atoms with Crippen LogP contribution in [0.25, 0.3) is 10.8 Å². The average molecular weight is 366 g/mol. The van der Waals surface area contributed by atoms with Gasteiger partial charge in [-0.1, -0.05) is 12.1 Å². The molecule has 26 heavy (non-hydrogen) atoms. The number of hydrogen-bond donors (Lipinski definition) is 2. The maximum atomic E-state index is 12.0. The van der Waals surface area contributed by atoms with Crippen LogP contribution in [0.15, 0.2) is 59.5 Å². The Morgan fingerprint density at radius 3 is 2.38 bits per heavy atom. The zero-order chi connectivity index (χ0) is 18.5. The Morgan fingerprint density at radius 1 is 0.962 bits per heavy atom. The number of hydrazine groups is 1. The Bertz CT molecular complexity index is 996. The Hall–Kier alpha value is -3.28. The number of nitrogens with one attached hydrogen (secondary N) is 2. The molecule has 6 nitrogen and oxygen atoms in total. The molecule has 3 aromatic carbocycles. The van der Waals surface area contributed by atoms with Crippen molar-refractivity contribution in [2.24, 2.45) is 0 Å². The highest BCUT2D eigenvalue weighted by Gasteiger charge is 2.23. The fraction of sp³-hybridized carbons (Fsp3) is 0.0526. The number of ether oxygens (including phenoxy) is 1. The topological polar surface area (TPSA) is 84.5 Å². The van der Waals surface area contributed by atoms with Gasteiger partial charge in [-0.3, -0.25) is 4.79 Å². The highest BCUT2D eigenvalue weighted by molar-refractivity contribution is 8.14. The number of benzene rings is 3. The summed E-state index contributed by atoms with van der Waals surface area (Å²) in [5, 5.41) is 2.19. The van der Waals surface area contributed by atoms with E-state index >= 15 is 0 Å². The van der Waals surface area contributed by atoms with E-state index in [1.807, 2.05) is 54.6 Å². The normalized spacial score (nSPS) is 11.3. The number of carbonyl (C=O) groups excluding carboxylic acids is 3. The van der Waals surface area contributed by atoms with Crippen molar-refractivity contribution in [1.82, 2.24) is 0 Å². The molecule has 0 spiro atoms. The van der Waals surface area contributed by atoms with Crippen molar-refractivity contribution in [2.45, 2.75) is 4.90 Å². The van der Waals surface area contributed by atoms with E-state index in [1.165, 1.54) is 11.8 Å². The lowest BCUT2D eigenvalue weighted by molar-refractivity contribution is -0.191. The lowest BCUT2D eigenvalue weighted by Crippen LogP contribution is -2.08. The van der Waals surface area contributed by atoms with Crippen LogP contribution in [0.3, 0.4) is 0 Å². The second-order valence-electron chi connectivity index (χ2n) is 5.29. The maximum Gasteiger partial charge on any atom is 0.373 e. The lowest BCUT2D eigenvalue weighted by Gasteiger charge is -2.13. The molecule has 0 unspecified atom stereocenters. The Labute approximate surface area is 153 Å². The Kier molecular flexibility index (Phi) is 5.22. The molecule has 0 amide bonds. The molecule has 0 bridgehead atoms. The van der Waals surface area contributed by atoms with Gasteiger partial charge in [-0.15, -0.1) is 0 Å². The monoisotopic (exact) mass is 366 g/mol. The van der Waals surface area contributed by atoms with E-state index in [0.717, 1.165) is 38.4 Å². The third-order valence-electron chi connectivity index (χ3n) is 3.86. The van der Waals surface area contributed by atoms with Gasteiger partial charge in [-0.25, -0.2) is 0 Å². The summed E-state index contributed by atoms with van der Waals surface area (Å²) >= 11 is 1.30. The number of carbonyl (C=O) groups is 1. The largest absolute Gasteiger partial charge is 0.497 e. The highest BCUT2D eigenvalue weighted by Crippen LogP contribution is 2.42. The second-order valence-corrected chi connectivity index (χ2v) is 6.31. The van der Waals surface area contributed by atoms with E-state index < -0.39 is 0 Å².